The zero-order valence-corrected chi connectivity index (χ0v) is 12.4. The van der Waals surface area contributed by atoms with Gasteiger partial charge >= 0.3 is 0 Å². The molecular formula is C14H12ClN3O2S. The molecule has 0 spiro atoms. The van der Waals surface area contributed by atoms with Gasteiger partial charge in [-0.05, 0) is 42.0 Å². The van der Waals surface area contributed by atoms with E-state index in [2.05, 4.69) is 14.7 Å². The van der Waals surface area contributed by atoms with Crippen molar-refractivity contribution in [3.8, 4) is 0 Å². The molecule has 3 rings (SSSR count). The first-order valence-corrected chi connectivity index (χ1v) is 8.08. The molecule has 0 saturated heterocycles. The highest BCUT2D eigenvalue weighted by molar-refractivity contribution is 7.89. The Bertz CT molecular complexity index is 873. The van der Waals surface area contributed by atoms with Crippen molar-refractivity contribution in [1.82, 2.24) is 14.7 Å². The van der Waals surface area contributed by atoms with Crippen LogP contribution in [0.4, 0.5) is 0 Å². The van der Waals surface area contributed by atoms with Crippen molar-refractivity contribution in [3.05, 3.63) is 59.4 Å². The van der Waals surface area contributed by atoms with Gasteiger partial charge in [0.15, 0.2) is 0 Å². The summed E-state index contributed by atoms with van der Waals surface area (Å²) in [5.74, 6) is 0. The molecule has 1 heterocycles. The number of imidazole rings is 1. The normalized spacial score (nSPS) is 11.9. The molecule has 2 aromatic carbocycles. The quantitative estimate of drug-likeness (QED) is 0.775. The average molecular weight is 322 g/mol. The van der Waals surface area contributed by atoms with Crippen molar-refractivity contribution in [2.45, 2.75) is 11.4 Å². The van der Waals surface area contributed by atoms with E-state index in [-0.39, 0.29) is 11.4 Å². The fraction of sp³-hybridized carbons (Fsp3) is 0.0714. The predicted octanol–water partition coefficient (Wildman–Crippen LogP) is 2.69. The second kappa shape index (κ2) is 5.48. The highest BCUT2D eigenvalue weighted by Gasteiger charge is 2.13. The molecule has 2 N–H and O–H groups in total. The third kappa shape index (κ3) is 3.07. The summed E-state index contributed by atoms with van der Waals surface area (Å²) < 4.78 is 26.9. The standard InChI is InChI=1S/C14H12ClN3O2S/c15-11-2-4-12(5-3-11)21(19,20)18-8-10-1-6-13-14(7-10)17-9-16-13/h1-7,9,18H,8H2,(H,16,17). The first-order chi connectivity index (χ1) is 10.0. The second-order valence-corrected chi connectivity index (χ2v) is 6.74. The number of H-pyrrole nitrogens is 1. The van der Waals surface area contributed by atoms with E-state index >= 15 is 0 Å². The van der Waals surface area contributed by atoms with Gasteiger partial charge in [-0.25, -0.2) is 18.1 Å². The molecule has 0 saturated carbocycles. The maximum absolute atomic E-state index is 12.2. The molecule has 0 radical (unpaired) electrons. The summed E-state index contributed by atoms with van der Waals surface area (Å²) in [6, 6.07) is 11.6. The van der Waals surface area contributed by atoms with Crippen LogP contribution < -0.4 is 4.72 Å². The summed E-state index contributed by atoms with van der Waals surface area (Å²) in [4.78, 5) is 7.30. The molecule has 0 bridgehead atoms. The molecule has 0 atom stereocenters. The molecule has 0 aliphatic rings. The van der Waals surface area contributed by atoms with Crippen molar-refractivity contribution < 1.29 is 8.42 Å². The fourth-order valence-electron chi connectivity index (χ4n) is 1.97. The fourth-order valence-corrected chi connectivity index (χ4v) is 3.11. The van der Waals surface area contributed by atoms with Crippen molar-refractivity contribution in [2.24, 2.45) is 0 Å². The molecule has 7 heteroatoms. The summed E-state index contributed by atoms with van der Waals surface area (Å²) in [6.07, 6.45) is 1.60. The van der Waals surface area contributed by atoms with E-state index in [9.17, 15) is 8.42 Å². The SMILES string of the molecule is O=S(=O)(NCc1ccc2nc[nH]c2c1)c1ccc(Cl)cc1. The number of nitrogens with zero attached hydrogens (tertiary/aromatic N) is 1. The van der Waals surface area contributed by atoms with Crippen LogP contribution in [0.15, 0.2) is 53.7 Å². The smallest absolute Gasteiger partial charge is 0.240 e. The van der Waals surface area contributed by atoms with Crippen LogP contribution >= 0.6 is 11.6 Å². The third-order valence-corrected chi connectivity index (χ3v) is 4.74. The van der Waals surface area contributed by atoms with Gasteiger partial charge in [0.05, 0.1) is 22.3 Å². The van der Waals surface area contributed by atoms with E-state index in [1.807, 2.05) is 18.2 Å². The summed E-state index contributed by atoms with van der Waals surface area (Å²) in [6.45, 7) is 0.208. The zero-order chi connectivity index (χ0) is 14.9. The topological polar surface area (TPSA) is 74.8 Å². The number of hydrogen-bond donors (Lipinski definition) is 2. The minimum atomic E-state index is -3.55. The van der Waals surface area contributed by atoms with E-state index in [0.717, 1.165) is 16.6 Å². The lowest BCUT2D eigenvalue weighted by molar-refractivity contribution is 0.581. The van der Waals surface area contributed by atoms with Crippen molar-refractivity contribution in [2.75, 3.05) is 0 Å². The maximum atomic E-state index is 12.2. The minimum Gasteiger partial charge on any atom is -0.345 e. The van der Waals surface area contributed by atoms with Gasteiger partial charge in [0.2, 0.25) is 10.0 Å². The maximum Gasteiger partial charge on any atom is 0.240 e. The van der Waals surface area contributed by atoms with Crippen LogP contribution in [0.1, 0.15) is 5.56 Å². The van der Waals surface area contributed by atoms with Gasteiger partial charge in [-0.1, -0.05) is 17.7 Å². The van der Waals surface area contributed by atoms with E-state index in [0.29, 0.717) is 5.02 Å². The molecule has 3 aromatic rings. The van der Waals surface area contributed by atoms with Crippen LogP contribution in [0.5, 0.6) is 0 Å². The summed E-state index contributed by atoms with van der Waals surface area (Å²) in [7, 11) is -3.55. The largest absolute Gasteiger partial charge is 0.345 e. The number of halogens is 1. The highest BCUT2D eigenvalue weighted by atomic mass is 35.5. The number of benzene rings is 2. The van der Waals surface area contributed by atoms with Gasteiger partial charge in [0, 0.05) is 11.6 Å². The van der Waals surface area contributed by atoms with Crippen molar-refractivity contribution >= 4 is 32.7 Å². The summed E-state index contributed by atoms with van der Waals surface area (Å²) in [5, 5.41) is 0.499. The number of sulfonamides is 1. The Balaban J connectivity index is 1.78. The number of nitrogens with one attached hydrogen (secondary N) is 2. The molecular weight excluding hydrogens is 310 g/mol. The Kier molecular flexibility index (Phi) is 3.67. The number of rotatable bonds is 4. The molecule has 21 heavy (non-hydrogen) atoms. The lowest BCUT2D eigenvalue weighted by Gasteiger charge is -2.07. The van der Waals surface area contributed by atoms with Gasteiger partial charge in [-0.2, -0.15) is 0 Å². The Morgan fingerprint density at radius 1 is 1.14 bits per heavy atom. The number of fused-ring (bicyclic) bond motifs is 1. The Morgan fingerprint density at radius 2 is 1.90 bits per heavy atom. The Labute approximate surface area is 127 Å². The van der Waals surface area contributed by atoms with E-state index in [4.69, 9.17) is 11.6 Å². The second-order valence-electron chi connectivity index (χ2n) is 4.53. The Hall–Kier alpha value is -1.89. The number of aromatic nitrogens is 2. The first-order valence-electron chi connectivity index (χ1n) is 6.22. The van der Waals surface area contributed by atoms with Crippen LogP contribution in [-0.4, -0.2) is 18.4 Å². The highest BCUT2D eigenvalue weighted by Crippen LogP contribution is 2.15. The van der Waals surface area contributed by atoms with Crippen molar-refractivity contribution in [1.29, 1.82) is 0 Å². The average Bonchev–Trinajstić information content (AvgIpc) is 2.93. The van der Waals surface area contributed by atoms with Crippen LogP contribution in [0.3, 0.4) is 0 Å². The molecule has 0 aliphatic carbocycles. The predicted molar refractivity (Wildman–Crippen MR) is 81.6 cm³/mol. The van der Waals surface area contributed by atoms with Crippen LogP contribution in [0.2, 0.25) is 5.02 Å². The molecule has 108 valence electrons. The van der Waals surface area contributed by atoms with Gasteiger partial charge in [-0.3, -0.25) is 0 Å². The van der Waals surface area contributed by atoms with Gasteiger partial charge < -0.3 is 4.98 Å². The number of hydrogen-bond acceptors (Lipinski definition) is 3. The lowest BCUT2D eigenvalue weighted by atomic mass is 10.2. The number of aromatic amines is 1. The molecule has 0 fully saturated rings. The monoisotopic (exact) mass is 321 g/mol. The minimum absolute atomic E-state index is 0.189. The molecule has 0 amide bonds. The third-order valence-electron chi connectivity index (χ3n) is 3.07. The van der Waals surface area contributed by atoms with Gasteiger partial charge in [0.25, 0.3) is 0 Å². The molecule has 1 aromatic heterocycles. The van der Waals surface area contributed by atoms with E-state index in [1.54, 1.807) is 18.5 Å². The summed E-state index contributed by atoms with van der Waals surface area (Å²) >= 11 is 5.75. The molecule has 5 nitrogen and oxygen atoms in total. The van der Waals surface area contributed by atoms with Crippen LogP contribution in [0.25, 0.3) is 11.0 Å². The van der Waals surface area contributed by atoms with Crippen LogP contribution in [0, 0.1) is 0 Å². The van der Waals surface area contributed by atoms with Gasteiger partial charge in [-0.15, -0.1) is 0 Å². The molecule has 0 unspecified atom stereocenters. The molecule has 0 aliphatic heterocycles. The van der Waals surface area contributed by atoms with E-state index in [1.165, 1.54) is 12.1 Å². The first kappa shape index (κ1) is 14.1. The zero-order valence-electron chi connectivity index (χ0n) is 10.9. The summed E-state index contributed by atoms with van der Waals surface area (Å²) in [5.41, 5.74) is 2.57. The van der Waals surface area contributed by atoms with Crippen molar-refractivity contribution in [3.63, 3.8) is 0 Å². The Morgan fingerprint density at radius 3 is 2.67 bits per heavy atom. The lowest BCUT2D eigenvalue weighted by Crippen LogP contribution is -2.23. The van der Waals surface area contributed by atoms with E-state index < -0.39 is 10.0 Å². The van der Waals surface area contributed by atoms with Gasteiger partial charge in [0.1, 0.15) is 0 Å². The van der Waals surface area contributed by atoms with Crippen LogP contribution in [-0.2, 0) is 16.6 Å².